The third-order valence-electron chi connectivity index (χ3n) is 3.11. The zero-order valence-electron chi connectivity index (χ0n) is 12.4. The Morgan fingerprint density at radius 2 is 2.00 bits per heavy atom. The molecule has 0 bridgehead atoms. The smallest absolute Gasteiger partial charge is 0.262 e. The summed E-state index contributed by atoms with van der Waals surface area (Å²) in [7, 11) is 0. The fourth-order valence-electron chi connectivity index (χ4n) is 2.04. The van der Waals surface area contributed by atoms with E-state index in [0.29, 0.717) is 16.7 Å². The Labute approximate surface area is 143 Å². The van der Waals surface area contributed by atoms with Crippen LogP contribution in [0.25, 0.3) is 0 Å². The van der Waals surface area contributed by atoms with Crippen molar-refractivity contribution in [2.24, 2.45) is 0 Å². The lowest BCUT2D eigenvalue weighted by molar-refractivity contribution is -0.118. The molecule has 0 aliphatic rings. The lowest BCUT2D eigenvalue weighted by Crippen LogP contribution is -2.21. The van der Waals surface area contributed by atoms with E-state index in [9.17, 15) is 4.79 Å². The number of carbonyl (C=O) groups is 1. The SMILES string of the molecule is CC(C)c1ccccc1NC(=O)COc1ccc(Br)cc1Cl. The Bertz CT molecular complexity index is 673. The van der Waals surface area contributed by atoms with E-state index in [1.807, 2.05) is 30.3 Å². The summed E-state index contributed by atoms with van der Waals surface area (Å²) in [6.45, 7) is 4.08. The highest BCUT2D eigenvalue weighted by Gasteiger charge is 2.10. The second-order valence-corrected chi connectivity index (χ2v) is 6.48. The third kappa shape index (κ3) is 4.49. The minimum atomic E-state index is -0.216. The summed E-state index contributed by atoms with van der Waals surface area (Å²) >= 11 is 9.38. The van der Waals surface area contributed by atoms with Gasteiger partial charge in [-0.2, -0.15) is 0 Å². The predicted molar refractivity (Wildman–Crippen MR) is 93.8 cm³/mol. The molecule has 0 saturated carbocycles. The zero-order valence-corrected chi connectivity index (χ0v) is 14.7. The van der Waals surface area contributed by atoms with Crippen molar-refractivity contribution in [2.75, 3.05) is 11.9 Å². The fourth-order valence-corrected chi connectivity index (χ4v) is 2.76. The Balaban J connectivity index is 1.99. The average Bonchev–Trinajstić information content (AvgIpc) is 2.46. The molecule has 22 heavy (non-hydrogen) atoms. The quantitative estimate of drug-likeness (QED) is 0.767. The van der Waals surface area contributed by atoms with Crippen LogP contribution in [0.5, 0.6) is 5.75 Å². The lowest BCUT2D eigenvalue weighted by Gasteiger charge is -2.14. The number of amides is 1. The molecule has 3 nitrogen and oxygen atoms in total. The summed E-state index contributed by atoms with van der Waals surface area (Å²) in [5.41, 5.74) is 1.91. The van der Waals surface area contributed by atoms with Gasteiger partial charge in [-0.1, -0.05) is 59.6 Å². The van der Waals surface area contributed by atoms with Crippen molar-refractivity contribution >= 4 is 39.1 Å². The summed E-state index contributed by atoms with van der Waals surface area (Å²) in [5, 5.41) is 3.34. The molecule has 0 radical (unpaired) electrons. The molecule has 0 heterocycles. The topological polar surface area (TPSA) is 38.3 Å². The molecule has 0 unspecified atom stereocenters. The molecule has 2 rings (SSSR count). The molecule has 5 heteroatoms. The van der Waals surface area contributed by atoms with Crippen LogP contribution in [0.3, 0.4) is 0 Å². The molecule has 0 saturated heterocycles. The second-order valence-electron chi connectivity index (χ2n) is 5.15. The molecule has 0 aromatic heterocycles. The molecule has 0 aliphatic carbocycles. The highest BCUT2D eigenvalue weighted by molar-refractivity contribution is 9.10. The first kappa shape index (κ1) is 16.8. The molecule has 0 atom stereocenters. The highest BCUT2D eigenvalue weighted by atomic mass is 79.9. The Morgan fingerprint density at radius 1 is 1.27 bits per heavy atom. The van der Waals surface area contributed by atoms with Crippen LogP contribution in [0.1, 0.15) is 25.3 Å². The van der Waals surface area contributed by atoms with Crippen LogP contribution in [-0.2, 0) is 4.79 Å². The molecule has 1 N–H and O–H groups in total. The summed E-state index contributed by atoms with van der Waals surface area (Å²) in [6, 6.07) is 13.0. The van der Waals surface area contributed by atoms with Gasteiger partial charge in [0.25, 0.3) is 5.91 Å². The standard InChI is InChI=1S/C17H17BrClNO2/c1-11(2)13-5-3-4-6-15(13)20-17(21)10-22-16-8-7-12(18)9-14(16)19/h3-9,11H,10H2,1-2H3,(H,20,21). The summed E-state index contributed by atoms with van der Waals surface area (Å²) in [6.07, 6.45) is 0. The normalized spacial score (nSPS) is 10.6. The molecule has 2 aromatic rings. The van der Waals surface area contributed by atoms with Gasteiger partial charge in [0, 0.05) is 10.2 Å². The number of benzene rings is 2. The fraction of sp³-hybridized carbons (Fsp3) is 0.235. The molecular weight excluding hydrogens is 366 g/mol. The second kappa shape index (κ2) is 7.65. The molecule has 1 amide bonds. The van der Waals surface area contributed by atoms with Crippen molar-refractivity contribution < 1.29 is 9.53 Å². The van der Waals surface area contributed by atoms with Gasteiger partial charge in [0.2, 0.25) is 0 Å². The van der Waals surface area contributed by atoms with Gasteiger partial charge < -0.3 is 10.1 Å². The Hall–Kier alpha value is -1.52. The maximum absolute atomic E-state index is 12.1. The number of carbonyl (C=O) groups excluding carboxylic acids is 1. The highest BCUT2D eigenvalue weighted by Crippen LogP contribution is 2.28. The molecule has 116 valence electrons. The van der Waals surface area contributed by atoms with Crippen LogP contribution in [0, 0.1) is 0 Å². The Morgan fingerprint density at radius 3 is 2.68 bits per heavy atom. The first-order valence-electron chi connectivity index (χ1n) is 6.94. The van der Waals surface area contributed by atoms with Gasteiger partial charge in [0.05, 0.1) is 5.02 Å². The molecule has 0 fully saturated rings. The van der Waals surface area contributed by atoms with E-state index in [1.54, 1.807) is 12.1 Å². The van der Waals surface area contributed by atoms with Crippen LogP contribution in [0.4, 0.5) is 5.69 Å². The van der Waals surface area contributed by atoms with Crippen molar-refractivity contribution in [3.8, 4) is 5.75 Å². The molecular formula is C17H17BrClNO2. The first-order valence-corrected chi connectivity index (χ1v) is 8.11. The summed E-state index contributed by atoms with van der Waals surface area (Å²) in [5.74, 6) is 0.600. The van der Waals surface area contributed by atoms with E-state index in [0.717, 1.165) is 15.7 Å². The van der Waals surface area contributed by atoms with Gasteiger partial charge in [-0.15, -0.1) is 0 Å². The number of anilines is 1. The van der Waals surface area contributed by atoms with E-state index in [4.69, 9.17) is 16.3 Å². The van der Waals surface area contributed by atoms with Crippen LogP contribution in [-0.4, -0.2) is 12.5 Å². The van der Waals surface area contributed by atoms with Gasteiger partial charge in [-0.3, -0.25) is 4.79 Å². The van der Waals surface area contributed by atoms with Gasteiger partial charge >= 0.3 is 0 Å². The predicted octanol–water partition coefficient (Wildman–Crippen LogP) is 5.24. The number of nitrogens with one attached hydrogen (secondary N) is 1. The lowest BCUT2D eigenvalue weighted by atomic mass is 10.0. The minimum absolute atomic E-state index is 0.0895. The summed E-state index contributed by atoms with van der Waals surface area (Å²) < 4.78 is 6.32. The van der Waals surface area contributed by atoms with E-state index in [2.05, 4.69) is 35.1 Å². The monoisotopic (exact) mass is 381 g/mol. The van der Waals surface area contributed by atoms with Gasteiger partial charge in [0.15, 0.2) is 6.61 Å². The number of rotatable bonds is 5. The van der Waals surface area contributed by atoms with E-state index in [-0.39, 0.29) is 12.5 Å². The third-order valence-corrected chi connectivity index (χ3v) is 3.90. The largest absolute Gasteiger partial charge is 0.482 e. The van der Waals surface area contributed by atoms with Crippen molar-refractivity contribution in [1.82, 2.24) is 0 Å². The van der Waals surface area contributed by atoms with Crippen LogP contribution >= 0.6 is 27.5 Å². The zero-order chi connectivity index (χ0) is 16.1. The number of para-hydroxylation sites is 1. The maximum atomic E-state index is 12.1. The van der Waals surface area contributed by atoms with Crippen molar-refractivity contribution in [3.05, 3.63) is 57.5 Å². The van der Waals surface area contributed by atoms with Gasteiger partial charge in [-0.25, -0.2) is 0 Å². The van der Waals surface area contributed by atoms with Gasteiger partial charge in [-0.05, 0) is 35.7 Å². The summed E-state index contributed by atoms with van der Waals surface area (Å²) in [4.78, 5) is 12.1. The van der Waals surface area contributed by atoms with E-state index >= 15 is 0 Å². The molecule has 0 spiro atoms. The molecule has 2 aromatic carbocycles. The number of ether oxygens (including phenoxy) is 1. The molecule has 0 aliphatic heterocycles. The van der Waals surface area contributed by atoms with Crippen molar-refractivity contribution in [1.29, 1.82) is 0 Å². The number of hydrogen-bond donors (Lipinski definition) is 1. The minimum Gasteiger partial charge on any atom is -0.482 e. The number of hydrogen-bond acceptors (Lipinski definition) is 2. The van der Waals surface area contributed by atoms with E-state index in [1.165, 1.54) is 0 Å². The van der Waals surface area contributed by atoms with Gasteiger partial charge in [0.1, 0.15) is 5.75 Å². The van der Waals surface area contributed by atoms with Crippen molar-refractivity contribution in [2.45, 2.75) is 19.8 Å². The number of halogens is 2. The van der Waals surface area contributed by atoms with Crippen LogP contribution in [0.2, 0.25) is 5.02 Å². The average molecular weight is 383 g/mol. The maximum Gasteiger partial charge on any atom is 0.262 e. The van der Waals surface area contributed by atoms with Crippen molar-refractivity contribution in [3.63, 3.8) is 0 Å². The van der Waals surface area contributed by atoms with E-state index < -0.39 is 0 Å². The van der Waals surface area contributed by atoms with Crippen LogP contribution in [0.15, 0.2) is 46.9 Å². The first-order chi connectivity index (χ1) is 10.5. The van der Waals surface area contributed by atoms with Crippen LogP contribution < -0.4 is 10.1 Å². The Kier molecular flexibility index (Phi) is 5.86.